The van der Waals surface area contributed by atoms with E-state index in [2.05, 4.69) is 46.6 Å². The first-order valence-corrected chi connectivity index (χ1v) is 19.3. The Bertz CT molecular complexity index is 2280. The molecule has 4 N–H and O–H groups in total. The topological polar surface area (TPSA) is 153 Å². The Hall–Kier alpha value is -4.99. The summed E-state index contributed by atoms with van der Waals surface area (Å²) >= 11 is 0. The molecule has 0 bridgehead atoms. The molecule has 12 nitrogen and oxygen atoms in total. The molecule has 276 valence electrons. The van der Waals surface area contributed by atoms with Gasteiger partial charge in [-0.3, -0.25) is 9.52 Å². The molecule has 0 amide bonds. The predicted molar refractivity (Wildman–Crippen MR) is 200 cm³/mol. The first-order chi connectivity index (χ1) is 25.4. The normalized spacial score (nSPS) is 18.0. The molecule has 3 aliphatic rings. The van der Waals surface area contributed by atoms with E-state index < -0.39 is 38.9 Å². The van der Waals surface area contributed by atoms with E-state index in [0.29, 0.717) is 45.5 Å². The third kappa shape index (κ3) is 6.50. The van der Waals surface area contributed by atoms with Gasteiger partial charge in [0.25, 0.3) is 0 Å². The number of pyridine rings is 1. The second kappa shape index (κ2) is 13.5. The first kappa shape index (κ1) is 35.1. The van der Waals surface area contributed by atoms with Crippen molar-refractivity contribution < 1.29 is 22.0 Å². The van der Waals surface area contributed by atoms with Crippen molar-refractivity contribution in [2.75, 3.05) is 55.1 Å². The lowest BCUT2D eigenvalue weighted by Crippen LogP contribution is -2.67. The Morgan fingerprint density at radius 1 is 1.02 bits per heavy atom. The minimum Gasteiger partial charge on any atom is -0.399 e. The molecule has 0 atom stereocenters. The standard InChI is InChI=1S/C38H41F2N9O3S/c1-3-47(2)53(51,52)46-32-9-8-31(39)33(34(32)40)35(50)30-20-43-36-29(30)14-25(17-42-36)26-18-44-37(45-19-26)49-21-38(22-49)15-28(16-38)48-12-10-24(11-13-48)23-4-6-27(41)7-5-23/h4-9,14,17-20,24,28,46H,3,10-13,15-16,21-22,41H2,1-2H3,(H,42,43). The molecular formula is C38H41F2N9O3S. The van der Waals surface area contributed by atoms with E-state index in [1.807, 2.05) is 12.1 Å². The summed E-state index contributed by atoms with van der Waals surface area (Å²) in [6.45, 7) is 5.84. The summed E-state index contributed by atoms with van der Waals surface area (Å²) in [6.07, 6.45) is 11.1. The van der Waals surface area contributed by atoms with Gasteiger partial charge in [0.1, 0.15) is 11.5 Å². The van der Waals surface area contributed by atoms with Gasteiger partial charge in [0.05, 0.1) is 11.3 Å². The van der Waals surface area contributed by atoms with Crippen LogP contribution in [0.2, 0.25) is 0 Å². The number of piperidine rings is 1. The zero-order valence-electron chi connectivity index (χ0n) is 29.5. The molecule has 2 saturated heterocycles. The molecule has 2 aliphatic heterocycles. The number of nitrogens with one attached hydrogen (secondary N) is 2. The molecule has 0 unspecified atom stereocenters. The Kier molecular flexibility index (Phi) is 8.90. The smallest absolute Gasteiger partial charge is 0.301 e. The van der Waals surface area contributed by atoms with Gasteiger partial charge in [-0.15, -0.1) is 0 Å². The first-order valence-electron chi connectivity index (χ1n) is 17.8. The van der Waals surface area contributed by atoms with Gasteiger partial charge < -0.3 is 20.5 Å². The average Bonchev–Trinajstić information content (AvgIpc) is 3.56. The van der Waals surface area contributed by atoms with Crippen LogP contribution in [-0.2, 0) is 10.2 Å². The quantitative estimate of drug-likeness (QED) is 0.123. The maximum atomic E-state index is 15.6. The van der Waals surface area contributed by atoms with Crippen molar-refractivity contribution in [1.82, 2.24) is 29.1 Å². The molecule has 1 spiro atoms. The van der Waals surface area contributed by atoms with E-state index in [-0.39, 0.29) is 12.1 Å². The number of carbonyl (C=O) groups is 1. The molecule has 53 heavy (non-hydrogen) atoms. The number of hydrogen-bond acceptors (Lipinski definition) is 9. The minimum absolute atomic E-state index is 0.0220. The van der Waals surface area contributed by atoms with Gasteiger partial charge >= 0.3 is 10.2 Å². The predicted octanol–water partition coefficient (Wildman–Crippen LogP) is 5.57. The number of fused-ring (bicyclic) bond motifs is 1. The summed E-state index contributed by atoms with van der Waals surface area (Å²) in [5.74, 6) is -2.14. The third-order valence-electron chi connectivity index (χ3n) is 11.3. The van der Waals surface area contributed by atoms with Crippen LogP contribution in [0.4, 0.5) is 26.1 Å². The lowest BCUT2D eigenvalue weighted by Gasteiger charge is -2.61. The number of ketones is 1. The molecule has 1 aliphatic carbocycles. The largest absolute Gasteiger partial charge is 0.399 e. The van der Waals surface area contributed by atoms with E-state index in [1.165, 1.54) is 44.5 Å². The Morgan fingerprint density at radius 2 is 1.70 bits per heavy atom. The average molecular weight is 742 g/mol. The zero-order valence-corrected chi connectivity index (χ0v) is 30.3. The van der Waals surface area contributed by atoms with E-state index >= 15 is 4.39 Å². The van der Waals surface area contributed by atoms with Crippen molar-refractivity contribution >= 4 is 44.3 Å². The Labute approximate surface area is 306 Å². The van der Waals surface area contributed by atoms with E-state index in [1.54, 1.807) is 31.6 Å². The maximum Gasteiger partial charge on any atom is 0.301 e. The lowest BCUT2D eigenvalue weighted by molar-refractivity contribution is -0.0291. The van der Waals surface area contributed by atoms with E-state index in [4.69, 9.17) is 5.73 Å². The van der Waals surface area contributed by atoms with Crippen LogP contribution in [0.3, 0.4) is 0 Å². The van der Waals surface area contributed by atoms with Crippen LogP contribution in [0.5, 0.6) is 0 Å². The number of halogens is 2. The van der Waals surface area contributed by atoms with Crippen LogP contribution in [0, 0.1) is 17.0 Å². The number of likely N-dealkylation sites (tertiary alicyclic amines) is 1. The van der Waals surface area contributed by atoms with Crippen LogP contribution in [0.25, 0.3) is 22.2 Å². The summed E-state index contributed by atoms with van der Waals surface area (Å²) in [7, 11) is -2.81. The summed E-state index contributed by atoms with van der Waals surface area (Å²) in [5, 5.41) is 0.339. The SMILES string of the molecule is CCN(C)S(=O)(=O)Nc1ccc(F)c(C(=O)c2c[nH]c3ncc(-c4cnc(N5CC6(CC(N7CCC(c8ccc(N)cc8)CC7)C6)C5)nc4)cc23)c1F. The highest BCUT2D eigenvalue weighted by Crippen LogP contribution is 2.51. The van der Waals surface area contributed by atoms with Crippen molar-refractivity contribution in [3.8, 4) is 11.1 Å². The number of nitrogens with zero attached hydrogens (tertiary/aromatic N) is 6. The minimum atomic E-state index is -4.12. The fourth-order valence-electron chi connectivity index (χ4n) is 8.07. The number of anilines is 3. The molecule has 0 radical (unpaired) electrons. The summed E-state index contributed by atoms with van der Waals surface area (Å²) in [6, 6.07) is 12.5. The molecule has 3 fully saturated rings. The van der Waals surface area contributed by atoms with Gasteiger partial charge in [0, 0.05) is 90.7 Å². The van der Waals surface area contributed by atoms with Crippen molar-refractivity contribution in [2.24, 2.45) is 5.41 Å². The number of rotatable bonds is 10. The summed E-state index contributed by atoms with van der Waals surface area (Å²) in [5.41, 5.74) is 8.57. The number of benzene rings is 2. The van der Waals surface area contributed by atoms with Crippen LogP contribution < -0.4 is 15.4 Å². The van der Waals surface area contributed by atoms with Crippen LogP contribution in [0.15, 0.2) is 67.3 Å². The molecule has 8 rings (SSSR count). The molecule has 5 aromatic rings. The highest BCUT2D eigenvalue weighted by Gasteiger charge is 2.54. The number of H-pyrrole nitrogens is 1. The van der Waals surface area contributed by atoms with Crippen molar-refractivity contribution in [3.05, 3.63) is 95.6 Å². The fourth-order valence-corrected chi connectivity index (χ4v) is 9.00. The second-order valence-electron chi connectivity index (χ2n) is 14.6. The zero-order chi connectivity index (χ0) is 37.1. The Morgan fingerprint density at radius 3 is 2.38 bits per heavy atom. The maximum absolute atomic E-state index is 15.6. The number of carbonyl (C=O) groups excluding carboxylic acids is 1. The van der Waals surface area contributed by atoms with Crippen LogP contribution in [0.1, 0.15) is 60.0 Å². The molecule has 15 heteroatoms. The monoisotopic (exact) mass is 741 g/mol. The summed E-state index contributed by atoms with van der Waals surface area (Å²) in [4.78, 5) is 35.1. The van der Waals surface area contributed by atoms with Crippen LogP contribution >= 0.6 is 0 Å². The third-order valence-corrected chi connectivity index (χ3v) is 12.8. The van der Waals surface area contributed by atoms with Gasteiger partial charge in [-0.25, -0.2) is 23.7 Å². The van der Waals surface area contributed by atoms with Crippen molar-refractivity contribution in [2.45, 2.75) is 44.6 Å². The molecular weight excluding hydrogens is 701 g/mol. The van der Waals surface area contributed by atoms with Gasteiger partial charge in [-0.2, -0.15) is 12.7 Å². The van der Waals surface area contributed by atoms with Crippen molar-refractivity contribution in [3.63, 3.8) is 0 Å². The van der Waals surface area contributed by atoms with E-state index in [0.717, 1.165) is 48.3 Å². The highest BCUT2D eigenvalue weighted by molar-refractivity contribution is 7.90. The number of hydrogen-bond donors (Lipinski definition) is 3. The molecule has 3 aromatic heterocycles. The van der Waals surface area contributed by atoms with Crippen molar-refractivity contribution in [1.29, 1.82) is 0 Å². The second-order valence-corrected chi connectivity index (χ2v) is 16.4. The number of aromatic amines is 1. The lowest BCUT2D eigenvalue weighted by atomic mass is 9.60. The van der Waals surface area contributed by atoms with Gasteiger partial charge in [0.15, 0.2) is 5.82 Å². The number of nitrogen functional groups attached to an aromatic ring is 1. The van der Waals surface area contributed by atoms with Crippen LogP contribution in [-0.4, -0.2) is 89.2 Å². The van der Waals surface area contributed by atoms with Gasteiger partial charge in [-0.1, -0.05) is 19.1 Å². The molecule has 1 saturated carbocycles. The van der Waals surface area contributed by atoms with Gasteiger partial charge in [0.2, 0.25) is 11.7 Å². The molecule has 2 aromatic carbocycles. The molecule has 5 heterocycles. The Balaban J connectivity index is 0.907. The summed E-state index contributed by atoms with van der Waals surface area (Å²) < 4.78 is 58.6. The van der Waals surface area contributed by atoms with E-state index in [9.17, 15) is 17.6 Å². The highest BCUT2D eigenvalue weighted by atomic mass is 32.2. The number of nitrogens with two attached hydrogens (primary N) is 1. The van der Waals surface area contributed by atoms with Gasteiger partial charge in [-0.05, 0) is 80.6 Å². The fraction of sp³-hybridized carbons (Fsp3) is 0.368. The number of aromatic nitrogens is 4.